The lowest BCUT2D eigenvalue weighted by molar-refractivity contribution is -0.263. The molecule has 10 atom stereocenters. The highest BCUT2D eigenvalue weighted by Crippen LogP contribution is 2.71. The molecule has 1 unspecified atom stereocenters. The molecule has 9 nitrogen and oxygen atoms in total. The summed E-state index contributed by atoms with van der Waals surface area (Å²) in [6, 6.07) is 0. The minimum atomic E-state index is -1.41. The van der Waals surface area contributed by atoms with Crippen LogP contribution in [0, 0.1) is 39.9 Å². The molecule has 0 heterocycles. The van der Waals surface area contributed by atoms with E-state index in [1.54, 1.807) is 27.7 Å². The van der Waals surface area contributed by atoms with E-state index in [1.807, 2.05) is 0 Å². The van der Waals surface area contributed by atoms with Crippen LogP contribution in [0.3, 0.4) is 0 Å². The second-order valence-electron chi connectivity index (χ2n) is 11.9. The van der Waals surface area contributed by atoms with Crippen LogP contribution in [0.1, 0.15) is 67.7 Å². The molecule has 4 fully saturated rings. The molecule has 4 rings (SSSR count). The quantitative estimate of drug-likeness (QED) is 0.464. The summed E-state index contributed by atoms with van der Waals surface area (Å²) in [6.07, 6.45) is -3.22. The molecule has 194 valence electrons. The third kappa shape index (κ3) is 3.40. The fourth-order valence-electron chi connectivity index (χ4n) is 8.47. The minimum absolute atomic E-state index is 0.0671. The summed E-state index contributed by atoms with van der Waals surface area (Å²) >= 11 is 0. The summed E-state index contributed by atoms with van der Waals surface area (Å²) in [5.41, 5.74) is -3.56. The van der Waals surface area contributed by atoms with E-state index in [1.165, 1.54) is 20.8 Å². The zero-order chi connectivity index (χ0) is 26.2. The molecule has 0 aromatic carbocycles. The third-order valence-corrected chi connectivity index (χ3v) is 9.59. The van der Waals surface area contributed by atoms with E-state index in [4.69, 9.17) is 14.2 Å². The van der Waals surface area contributed by atoms with E-state index in [-0.39, 0.29) is 18.1 Å². The Morgan fingerprint density at radius 2 is 1.49 bits per heavy atom. The number of rotatable bonds is 3. The van der Waals surface area contributed by atoms with Gasteiger partial charge in [-0.25, -0.2) is 0 Å². The van der Waals surface area contributed by atoms with Crippen LogP contribution in [-0.4, -0.2) is 59.0 Å². The van der Waals surface area contributed by atoms with Crippen molar-refractivity contribution >= 4 is 29.5 Å². The van der Waals surface area contributed by atoms with Crippen LogP contribution in [0.5, 0.6) is 0 Å². The first-order valence-corrected chi connectivity index (χ1v) is 12.4. The van der Waals surface area contributed by atoms with E-state index in [9.17, 15) is 29.1 Å². The molecular formula is C26H36O9. The Balaban J connectivity index is 2.03. The number of ether oxygens (including phenoxy) is 3. The van der Waals surface area contributed by atoms with E-state index in [0.29, 0.717) is 12.8 Å². The molecule has 4 aliphatic rings. The van der Waals surface area contributed by atoms with Gasteiger partial charge in [0, 0.05) is 55.8 Å². The van der Waals surface area contributed by atoms with Gasteiger partial charge < -0.3 is 19.3 Å². The third-order valence-electron chi connectivity index (χ3n) is 9.59. The molecule has 35 heavy (non-hydrogen) atoms. The monoisotopic (exact) mass is 492 g/mol. The van der Waals surface area contributed by atoms with Gasteiger partial charge in [0.2, 0.25) is 0 Å². The molecule has 0 aromatic rings. The summed E-state index contributed by atoms with van der Waals surface area (Å²) in [6.45, 7) is 10.9. The molecule has 4 saturated carbocycles. The summed E-state index contributed by atoms with van der Waals surface area (Å²) in [7, 11) is 0. The number of aliphatic hydroxyl groups excluding tert-OH is 1. The number of ketones is 2. The average molecular weight is 493 g/mol. The van der Waals surface area contributed by atoms with Gasteiger partial charge in [0.15, 0.2) is 11.9 Å². The molecule has 1 N–H and O–H groups in total. The van der Waals surface area contributed by atoms with Crippen molar-refractivity contribution in [1.29, 1.82) is 0 Å². The Labute approximate surface area is 205 Å². The normalized spacial score (nSPS) is 45.7. The van der Waals surface area contributed by atoms with Gasteiger partial charge in [-0.05, 0) is 18.8 Å². The highest BCUT2D eigenvalue weighted by Gasteiger charge is 2.80. The fourth-order valence-corrected chi connectivity index (χ4v) is 8.47. The molecule has 4 aliphatic carbocycles. The molecule has 2 bridgehead atoms. The Hall–Kier alpha value is -2.29. The first-order chi connectivity index (χ1) is 16.1. The number of Topliss-reactive ketones (excluding diaryl/α,β-unsaturated/α-hetero) is 2. The summed E-state index contributed by atoms with van der Waals surface area (Å²) in [5, 5.41) is 11.1. The van der Waals surface area contributed by atoms with Crippen LogP contribution in [0.15, 0.2) is 0 Å². The SMILES string of the molecule is CC(=O)O[C@H]1C[C@@H]2C[C@@]3(C(=O)C2C)[C@@H]1[C@]1(C)[C@@H](OC(C)=O)C[C@H](O)C(C)(C)[C@H]1C(=O)[C@@H]3OC(C)=O. The van der Waals surface area contributed by atoms with Crippen molar-refractivity contribution in [2.45, 2.75) is 92.1 Å². The van der Waals surface area contributed by atoms with Gasteiger partial charge in [-0.1, -0.05) is 27.7 Å². The number of esters is 3. The lowest BCUT2D eigenvalue weighted by Gasteiger charge is -2.66. The first kappa shape index (κ1) is 25.8. The van der Waals surface area contributed by atoms with Crippen LogP contribution in [0.4, 0.5) is 0 Å². The van der Waals surface area contributed by atoms with Crippen molar-refractivity contribution in [3.05, 3.63) is 0 Å². The van der Waals surface area contributed by atoms with E-state index in [0.717, 1.165) is 0 Å². The van der Waals surface area contributed by atoms with Gasteiger partial charge in [0.1, 0.15) is 18.0 Å². The zero-order valence-corrected chi connectivity index (χ0v) is 21.5. The Kier molecular flexibility index (Phi) is 5.98. The van der Waals surface area contributed by atoms with Crippen LogP contribution in [-0.2, 0) is 38.2 Å². The zero-order valence-electron chi connectivity index (χ0n) is 21.5. The van der Waals surface area contributed by atoms with Crippen molar-refractivity contribution in [2.24, 2.45) is 39.9 Å². The predicted octanol–water partition coefficient (Wildman–Crippen LogP) is 2.01. The van der Waals surface area contributed by atoms with E-state index < -0.39 is 82.1 Å². The van der Waals surface area contributed by atoms with Gasteiger partial charge in [0.05, 0.1) is 11.5 Å². The molecular weight excluding hydrogens is 456 g/mol. The van der Waals surface area contributed by atoms with Gasteiger partial charge in [-0.15, -0.1) is 0 Å². The van der Waals surface area contributed by atoms with E-state index in [2.05, 4.69) is 0 Å². The topological polar surface area (TPSA) is 133 Å². The van der Waals surface area contributed by atoms with Crippen LogP contribution in [0.25, 0.3) is 0 Å². The van der Waals surface area contributed by atoms with Crippen LogP contribution >= 0.6 is 0 Å². The number of aliphatic hydroxyl groups is 1. The summed E-state index contributed by atoms with van der Waals surface area (Å²) in [4.78, 5) is 65.0. The van der Waals surface area contributed by atoms with Crippen molar-refractivity contribution in [1.82, 2.24) is 0 Å². The molecule has 1 spiro atoms. The van der Waals surface area contributed by atoms with E-state index >= 15 is 0 Å². The number of carbonyl (C=O) groups is 5. The second kappa shape index (κ2) is 8.11. The Morgan fingerprint density at radius 3 is 2.03 bits per heavy atom. The summed E-state index contributed by atoms with van der Waals surface area (Å²) < 4.78 is 17.3. The molecule has 9 heteroatoms. The second-order valence-corrected chi connectivity index (χ2v) is 11.9. The maximum atomic E-state index is 14.3. The lowest BCUT2D eigenvalue weighted by Crippen LogP contribution is -2.75. The van der Waals surface area contributed by atoms with Gasteiger partial charge in [-0.3, -0.25) is 24.0 Å². The molecule has 0 amide bonds. The number of fused-ring (bicyclic) bond motifs is 3. The predicted molar refractivity (Wildman–Crippen MR) is 120 cm³/mol. The lowest BCUT2D eigenvalue weighted by atomic mass is 9.38. The fraction of sp³-hybridized carbons (Fsp3) is 0.808. The van der Waals surface area contributed by atoms with Crippen molar-refractivity contribution in [3.8, 4) is 0 Å². The summed E-state index contributed by atoms with van der Waals surface area (Å²) in [5.74, 6) is -4.68. The van der Waals surface area contributed by atoms with Crippen molar-refractivity contribution < 1.29 is 43.3 Å². The number of hydrogen-bond donors (Lipinski definition) is 1. The Bertz CT molecular complexity index is 985. The number of carbonyl (C=O) groups excluding carboxylic acids is 5. The average Bonchev–Trinajstić information content (AvgIpc) is 2.90. The maximum absolute atomic E-state index is 14.3. The van der Waals surface area contributed by atoms with Crippen molar-refractivity contribution in [3.63, 3.8) is 0 Å². The van der Waals surface area contributed by atoms with Gasteiger partial charge in [0.25, 0.3) is 0 Å². The van der Waals surface area contributed by atoms with Gasteiger partial charge >= 0.3 is 17.9 Å². The number of hydrogen-bond acceptors (Lipinski definition) is 9. The smallest absolute Gasteiger partial charge is 0.303 e. The Morgan fingerprint density at radius 1 is 0.914 bits per heavy atom. The van der Waals surface area contributed by atoms with Crippen molar-refractivity contribution in [2.75, 3.05) is 0 Å². The highest BCUT2D eigenvalue weighted by atomic mass is 16.6. The highest BCUT2D eigenvalue weighted by molar-refractivity contribution is 6.01. The molecule has 0 aliphatic heterocycles. The van der Waals surface area contributed by atoms with Crippen LogP contribution < -0.4 is 0 Å². The van der Waals surface area contributed by atoms with Crippen LogP contribution in [0.2, 0.25) is 0 Å². The molecule has 0 aromatic heterocycles. The minimum Gasteiger partial charge on any atom is -0.462 e. The first-order valence-electron chi connectivity index (χ1n) is 12.4. The standard InChI is InChI=1S/C26H36O9/c1-11-15-8-16(33-12(2)27)20-25(7)18(34-13(3)28)9-17(30)24(5,6)21(25)19(31)23(35-14(4)29)26(20,10-15)22(11)32/h11,15-18,20-21,23,30H,8-10H2,1-7H3/t11?,15-,16+,17+,18+,20+,21-,23+,25+,26+/m1/s1. The van der Waals surface area contributed by atoms with Gasteiger partial charge in [-0.2, -0.15) is 0 Å². The maximum Gasteiger partial charge on any atom is 0.303 e. The molecule has 0 saturated heterocycles. The largest absolute Gasteiger partial charge is 0.462 e. The molecule has 0 radical (unpaired) electrons.